The molecule has 8 nitrogen and oxygen atoms in total. The summed E-state index contributed by atoms with van der Waals surface area (Å²) in [5.41, 5.74) is 1.49. The average molecular weight is 411 g/mol. The minimum absolute atomic E-state index is 0.205. The van der Waals surface area contributed by atoms with Crippen molar-refractivity contribution in [3.05, 3.63) is 24.3 Å². The van der Waals surface area contributed by atoms with E-state index < -0.39 is 22.2 Å². The standard InChI is InChI=1S/C18H27FN6O2S/c1-13(19)11-24-7-9-25(10-8-24)18-17(21-14(2)12-28(20,26)27)22-15-5-3-4-6-16(15)23-18/h3-6,13-14H,7-12H2,1-2H3,(H,21,22)(H2,20,26,27)/t13?,14-/m0/s1. The van der Waals surface area contributed by atoms with E-state index in [0.29, 0.717) is 31.3 Å². The van der Waals surface area contributed by atoms with Crippen LogP contribution in [0.25, 0.3) is 11.0 Å². The number of alkyl halides is 1. The van der Waals surface area contributed by atoms with Gasteiger partial charge in [-0.1, -0.05) is 12.1 Å². The maximum atomic E-state index is 13.3. The third-order valence-electron chi connectivity index (χ3n) is 4.60. The summed E-state index contributed by atoms with van der Waals surface area (Å²) < 4.78 is 36.1. The van der Waals surface area contributed by atoms with Gasteiger partial charge >= 0.3 is 0 Å². The lowest BCUT2D eigenvalue weighted by Crippen LogP contribution is -2.48. The van der Waals surface area contributed by atoms with Gasteiger partial charge in [0.05, 0.1) is 16.8 Å². The number of sulfonamides is 1. The molecule has 0 radical (unpaired) electrons. The van der Waals surface area contributed by atoms with Gasteiger partial charge in [0.2, 0.25) is 10.0 Å². The number of nitrogens with zero attached hydrogens (tertiary/aromatic N) is 4. The molecule has 0 spiro atoms. The summed E-state index contributed by atoms with van der Waals surface area (Å²) in [6.45, 7) is 6.58. The third-order valence-corrected chi connectivity index (χ3v) is 5.56. The first kappa shape index (κ1) is 20.7. The second-order valence-electron chi connectivity index (χ2n) is 7.33. The van der Waals surface area contributed by atoms with Gasteiger partial charge in [-0.15, -0.1) is 0 Å². The molecule has 28 heavy (non-hydrogen) atoms. The van der Waals surface area contributed by atoms with E-state index in [9.17, 15) is 12.8 Å². The van der Waals surface area contributed by atoms with Crippen molar-refractivity contribution in [2.45, 2.75) is 26.1 Å². The van der Waals surface area contributed by atoms with Crippen LogP contribution in [0.5, 0.6) is 0 Å². The van der Waals surface area contributed by atoms with Crippen LogP contribution in [0.15, 0.2) is 24.3 Å². The summed E-state index contributed by atoms with van der Waals surface area (Å²) in [4.78, 5) is 13.6. The van der Waals surface area contributed by atoms with Crippen molar-refractivity contribution in [2.75, 3.05) is 48.7 Å². The van der Waals surface area contributed by atoms with Crippen molar-refractivity contribution in [1.29, 1.82) is 0 Å². The normalized spacial score (nSPS) is 18.2. The number of piperazine rings is 1. The molecule has 2 aromatic rings. The number of halogens is 1. The molecule has 3 N–H and O–H groups in total. The van der Waals surface area contributed by atoms with Crippen molar-refractivity contribution in [1.82, 2.24) is 14.9 Å². The molecule has 0 saturated carbocycles. The van der Waals surface area contributed by atoms with Crippen molar-refractivity contribution in [3.8, 4) is 0 Å². The summed E-state index contributed by atoms with van der Waals surface area (Å²) in [5, 5.41) is 8.32. The van der Waals surface area contributed by atoms with Crippen LogP contribution in [-0.4, -0.2) is 74.0 Å². The zero-order valence-electron chi connectivity index (χ0n) is 16.2. The van der Waals surface area contributed by atoms with Crippen molar-refractivity contribution in [2.24, 2.45) is 5.14 Å². The van der Waals surface area contributed by atoms with E-state index >= 15 is 0 Å². The van der Waals surface area contributed by atoms with Gasteiger partial charge in [0.25, 0.3) is 0 Å². The summed E-state index contributed by atoms with van der Waals surface area (Å²) in [7, 11) is -3.61. The minimum atomic E-state index is -3.61. The Hall–Kier alpha value is -2.04. The Kier molecular flexibility index (Phi) is 6.31. The molecule has 1 unspecified atom stereocenters. The maximum absolute atomic E-state index is 13.3. The molecule has 154 valence electrons. The molecule has 10 heteroatoms. The van der Waals surface area contributed by atoms with E-state index in [0.717, 1.165) is 24.1 Å². The van der Waals surface area contributed by atoms with E-state index in [1.54, 1.807) is 13.8 Å². The maximum Gasteiger partial charge on any atom is 0.211 e. The molecule has 1 fully saturated rings. The lowest BCUT2D eigenvalue weighted by atomic mass is 10.2. The number of hydrogen-bond donors (Lipinski definition) is 2. The number of benzene rings is 1. The highest BCUT2D eigenvalue weighted by molar-refractivity contribution is 7.89. The van der Waals surface area contributed by atoms with Gasteiger partial charge in [-0.3, -0.25) is 4.90 Å². The highest BCUT2D eigenvalue weighted by atomic mass is 32.2. The number of rotatable bonds is 7. The predicted octanol–water partition coefficient (Wildman–Crippen LogP) is 1.20. The SMILES string of the molecule is CC(F)CN1CCN(c2nc3ccccc3nc2N[C@@H](C)CS(N)(=O)=O)CC1. The fraction of sp³-hybridized carbons (Fsp3) is 0.556. The number of nitrogens with two attached hydrogens (primary N) is 1. The van der Waals surface area contributed by atoms with Gasteiger partial charge in [0.1, 0.15) is 6.17 Å². The molecule has 1 aromatic carbocycles. The lowest BCUT2D eigenvalue weighted by Gasteiger charge is -2.36. The number of nitrogens with one attached hydrogen (secondary N) is 1. The van der Waals surface area contributed by atoms with Crippen LogP contribution >= 0.6 is 0 Å². The molecular weight excluding hydrogens is 383 g/mol. The monoisotopic (exact) mass is 410 g/mol. The second kappa shape index (κ2) is 8.54. The number of fused-ring (bicyclic) bond motifs is 1. The molecule has 1 aliphatic rings. The molecule has 2 atom stereocenters. The first-order valence-corrected chi connectivity index (χ1v) is 11.1. The number of primary sulfonamides is 1. The van der Waals surface area contributed by atoms with E-state index in [4.69, 9.17) is 10.1 Å². The zero-order chi connectivity index (χ0) is 20.3. The van der Waals surface area contributed by atoms with Crippen molar-refractivity contribution < 1.29 is 12.8 Å². The molecule has 2 heterocycles. The van der Waals surface area contributed by atoms with Crippen molar-refractivity contribution in [3.63, 3.8) is 0 Å². The number of anilines is 2. The van der Waals surface area contributed by atoms with Gasteiger partial charge < -0.3 is 10.2 Å². The number of para-hydroxylation sites is 2. The summed E-state index contributed by atoms with van der Waals surface area (Å²) >= 11 is 0. The fourth-order valence-electron chi connectivity index (χ4n) is 3.43. The van der Waals surface area contributed by atoms with Crippen LogP contribution in [0.1, 0.15) is 13.8 Å². The predicted molar refractivity (Wildman–Crippen MR) is 110 cm³/mol. The number of hydrogen-bond acceptors (Lipinski definition) is 7. The van der Waals surface area contributed by atoms with Crippen LogP contribution in [0.3, 0.4) is 0 Å². The summed E-state index contributed by atoms with van der Waals surface area (Å²) in [6.07, 6.45) is -0.858. The quantitative estimate of drug-likeness (QED) is 0.707. The van der Waals surface area contributed by atoms with Crippen molar-refractivity contribution >= 4 is 32.7 Å². The molecule has 0 amide bonds. The highest BCUT2D eigenvalue weighted by Gasteiger charge is 2.24. The third kappa shape index (κ3) is 5.49. The van der Waals surface area contributed by atoms with Gasteiger partial charge in [-0.25, -0.2) is 27.9 Å². The van der Waals surface area contributed by atoms with E-state index in [-0.39, 0.29) is 5.75 Å². The Morgan fingerprint density at radius 1 is 1.14 bits per heavy atom. The van der Waals surface area contributed by atoms with Crippen LogP contribution < -0.4 is 15.4 Å². The van der Waals surface area contributed by atoms with Crippen LogP contribution in [0.2, 0.25) is 0 Å². The largest absolute Gasteiger partial charge is 0.363 e. The Morgan fingerprint density at radius 3 is 2.32 bits per heavy atom. The van der Waals surface area contributed by atoms with Gasteiger partial charge in [0, 0.05) is 38.8 Å². The van der Waals surface area contributed by atoms with Gasteiger partial charge in [0.15, 0.2) is 11.6 Å². The first-order chi connectivity index (χ1) is 13.2. The Bertz CT molecular complexity index is 915. The first-order valence-electron chi connectivity index (χ1n) is 9.36. The lowest BCUT2D eigenvalue weighted by molar-refractivity contribution is 0.193. The molecule has 3 rings (SSSR count). The molecule has 1 aliphatic heterocycles. The molecule has 0 aliphatic carbocycles. The van der Waals surface area contributed by atoms with E-state index in [1.807, 2.05) is 24.3 Å². The van der Waals surface area contributed by atoms with E-state index in [2.05, 4.69) is 20.1 Å². The van der Waals surface area contributed by atoms with Gasteiger partial charge in [-0.2, -0.15) is 0 Å². The van der Waals surface area contributed by atoms with Crippen LogP contribution in [-0.2, 0) is 10.0 Å². The topological polar surface area (TPSA) is 104 Å². The van der Waals surface area contributed by atoms with Gasteiger partial charge in [-0.05, 0) is 26.0 Å². The minimum Gasteiger partial charge on any atom is -0.363 e. The summed E-state index contributed by atoms with van der Waals surface area (Å²) in [6, 6.07) is 7.12. The molecule has 0 bridgehead atoms. The Morgan fingerprint density at radius 2 is 1.75 bits per heavy atom. The smallest absolute Gasteiger partial charge is 0.211 e. The summed E-state index contributed by atoms with van der Waals surface area (Å²) in [5.74, 6) is 0.999. The average Bonchev–Trinajstić information content (AvgIpc) is 2.60. The van der Waals surface area contributed by atoms with Crippen LogP contribution in [0.4, 0.5) is 16.0 Å². The number of aromatic nitrogens is 2. The second-order valence-corrected chi connectivity index (χ2v) is 8.99. The molecule has 1 aromatic heterocycles. The Balaban J connectivity index is 1.85. The Labute approximate surface area is 165 Å². The molecular formula is C18H27FN6O2S. The zero-order valence-corrected chi connectivity index (χ0v) is 17.0. The highest BCUT2D eigenvalue weighted by Crippen LogP contribution is 2.26. The van der Waals surface area contributed by atoms with E-state index in [1.165, 1.54) is 0 Å². The fourth-order valence-corrected chi connectivity index (χ4v) is 4.21. The molecule has 1 saturated heterocycles. The van der Waals surface area contributed by atoms with Crippen LogP contribution in [0, 0.1) is 0 Å².